The molecule has 0 saturated carbocycles. The van der Waals surface area contributed by atoms with E-state index in [-0.39, 0.29) is 0 Å². The van der Waals surface area contributed by atoms with Crippen molar-refractivity contribution in [1.29, 1.82) is 0 Å². The highest BCUT2D eigenvalue weighted by Crippen LogP contribution is 2.25. The van der Waals surface area contributed by atoms with Crippen LogP contribution in [0.15, 0.2) is 36.4 Å². The van der Waals surface area contributed by atoms with Gasteiger partial charge in [-0.3, -0.25) is 5.32 Å². The molecule has 1 aliphatic rings. The van der Waals surface area contributed by atoms with Crippen molar-refractivity contribution in [2.24, 2.45) is 5.92 Å². The van der Waals surface area contributed by atoms with Crippen LogP contribution < -0.4 is 15.5 Å². The first-order valence-corrected chi connectivity index (χ1v) is 9.03. The average Bonchev–Trinajstić information content (AvgIpc) is 2.65. The average molecular weight is 355 g/mol. The maximum absolute atomic E-state index is 11.3. The number of carbonyl (C=O) groups excluding carboxylic acids is 1. The lowest BCUT2D eigenvalue weighted by atomic mass is 9.99. The standard InChI is InChI=1S/C19H25N5O2/c1-3-26-19(25)21-18-9-8-17(22-23-18)20-15-4-6-16(7-5-15)24-12-10-14(2)11-13-24/h4-9,14H,3,10-13H2,1-2H3,(H,20,22)(H,21,23,25). The summed E-state index contributed by atoms with van der Waals surface area (Å²) in [5.41, 5.74) is 2.20. The number of hydrogen-bond donors (Lipinski definition) is 2. The third-order valence-corrected chi connectivity index (χ3v) is 4.46. The molecule has 1 fully saturated rings. The summed E-state index contributed by atoms with van der Waals surface area (Å²) >= 11 is 0. The highest BCUT2D eigenvalue weighted by molar-refractivity contribution is 5.83. The molecule has 1 aromatic carbocycles. The fourth-order valence-corrected chi connectivity index (χ4v) is 2.91. The van der Waals surface area contributed by atoms with Crippen molar-refractivity contribution >= 4 is 29.1 Å². The van der Waals surface area contributed by atoms with Gasteiger partial charge in [0, 0.05) is 24.5 Å². The van der Waals surface area contributed by atoms with E-state index >= 15 is 0 Å². The van der Waals surface area contributed by atoms with Crippen molar-refractivity contribution < 1.29 is 9.53 Å². The molecule has 138 valence electrons. The summed E-state index contributed by atoms with van der Waals surface area (Å²) in [5, 5.41) is 13.8. The van der Waals surface area contributed by atoms with Crippen LogP contribution in [0.3, 0.4) is 0 Å². The zero-order valence-corrected chi connectivity index (χ0v) is 15.2. The van der Waals surface area contributed by atoms with Crippen LogP contribution in [-0.4, -0.2) is 36.0 Å². The number of nitrogens with one attached hydrogen (secondary N) is 2. The van der Waals surface area contributed by atoms with Crippen LogP contribution in [0, 0.1) is 5.92 Å². The van der Waals surface area contributed by atoms with Gasteiger partial charge in [0.05, 0.1) is 6.61 Å². The molecular formula is C19H25N5O2. The lowest BCUT2D eigenvalue weighted by Crippen LogP contribution is -2.32. The Bertz CT molecular complexity index is 710. The van der Waals surface area contributed by atoms with E-state index in [1.165, 1.54) is 18.5 Å². The molecule has 0 radical (unpaired) electrons. The van der Waals surface area contributed by atoms with Gasteiger partial charge in [0.1, 0.15) is 0 Å². The summed E-state index contributed by atoms with van der Waals surface area (Å²) < 4.78 is 4.80. The van der Waals surface area contributed by atoms with Crippen molar-refractivity contribution in [3.63, 3.8) is 0 Å². The van der Waals surface area contributed by atoms with Gasteiger partial charge in [-0.15, -0.1) is 10.2 Å². The molecule has 1 saturated heterocycles. The topological polar surface area (TPSA) is 79.4 Å². The number of nitrogens with zero attached hydrogens (tertiary/aromatic N) is 3. The number of aromatic nitrogens is 2. The van der Waals surface area contributed by atoms with Gasteiger partial charge in [-0.1, -0.05) is 6.92 Å². The lowest BCUT2D eigenvalue weighted by molar-refractivity contribution is 0.168. The molecule has 0 atom stereocenters. The minimum atomic E-state index is -0.537. The first-order valence-electron chi connectivity index (χ1n) is 9.03. The van der Waals surface area contributed by atoms with E-state index in [0.717, 1.165) is 24.7 Å². The maximum Gasteiger partial charge on any atom is 0.412 e. The largest absolute Gasteiger partial charge is 0.450 e. The minimum absolute atomic E-state index is 0.311. The number of rotatable bonds is 5. The molecule has 1 aliphatic heterocycles. The quantitative estimate of drug-likeness (QED) is 0.843. The van der Waals surface area contributed by atoms with Gasteiger partial charge in [-0.05, 0) is 62.1 Å². The molecule has 1 amide bonds. The molecule has 0 bridgehead atoms. The molecule has 7 nitrogen and oxygen atoms in total. The summed E-state index contributed by atoms with van der Waals surface area (Å²) in [6.07, 6.45) is 1.97. The van der Waals surface area contributed by atoms with E-state index < -0.39 is 6.09 Å². The van der Waals surface area contributed by atoms with Crippen LogP contribution in [0.25, 0.3) is 0 Å². The van der Waals surface area contributed by atoms with Gasteiger partial charge in [0.2, 0.25) is 0 Å². The van der Waals surface area contributed by atoms with Gasteiger partial charge in [0.15, 0.2) is 11.6 Å². The Balaban J connectivity index is 1.56. The summed E-state index contributed by atoms with van der Waals surface area (Å²) in [4.78, 5) is 13.8. The SMILES string of the molecule is CCOC(=O)Nc1ccc(Nc2ccc(N3CCC(C)CC3)cc2)nn1. The number of amides is 1. The molecule has 2 aromatic rings. The number of anilines is 4. The van der Waals surface area contributed by atoms with Gasteiger partial charge in [0.25, 0.3) is 0 Å². The van der Waals surface area contributed by atoms with E-state index in [1.807, 2.05) is 12.1 Å². The van der Waals surface area contributed by atoms with Crippen LogP contribution in [0.1, 0.15) is 26.7 Å². The minimum Gasteiger partial charge on any atom is -0.450 e. The third-order valence-electron chi connectivity index (χ3n) is 4.46. The van der Waals surface area contributed by atoms with Crippen molar-refractivity contribution in [2.75, 3.05) is 35.2 Å². The van der Waals surface area contributed by atoms with E-state index in [2.05, 4.69) is 44.8 Å². The second-order valence-corrected chi connectivity index (χ2v) is 6.49. The van der Waals surface area contributed by atoms with Crippen molar-refractivity contribution in [3.8, 4) is 0 Å². The number of hydrogen-bond acceptors (Lipinski definition) is 6. The first-order chi connectivity index (χ1) is 12.6. The molecule has 0 unspecified atom stereocenters. The van der Waals surface area contributed by atoms with Crippen LogP contribution in [0.5, 0.6) is 0 Å². The van der Waals surface area contributed by atoms with Crippen LogP contribution in [0.2, 0.25) is 0 Å². The molecule has 26 heavy (non-hydrogen) atoms. The van der Waals surface area contributed by atoms with Crippen LogP contribution >= 0.6 is 0 Å². The molecule has 0 spiro atoms. The Morgan fingerprint density at radius 2 is 1.77 bits per heavy atom. The Morgan fingerprint density at radius 3 is 2.38 bits per heavy atom. The maximum atomic E-state index is 11.3. The number of benzene rings is 1. The zero-order chi connectivity index (χ0) is 18.4. The summed E-state index contributed by atoms with van der Waals surface area (Å²) in [5.74, 6) is 1.79. The van der Waals surface area contributed by atoms with E-state index in [4.69, 9.17) is 4.74 Å². The molecule has 2 heterocycles. The van der Waals surface area contributed by atoms with Crippen LogP contribution in [0.4, 0.5) is 27.8 Å². The smallest absolute Gasteiger partial charge is 0.412 e. The molecule has 1 aromatic heterocycles. The number of piperidine rings is 1. The van der Waals surface area contributed by atoms with Crippen molar-refractivity contribution in [1.82, 2.24) is 10.2 Å². The highest BCUT2D eigenvalue weighted by Gasteiger charge is 2.15. The normalized spacial score (nSPS) is 14.8. The Labute approximate surface area is 153 Å². The monoisotopic (exact) mass is 355 g/mol. The van der Waals surface area contributed by atoms with Gasteiger partial charge in [-0.25, -0.2) is 4.79 Å². The fraction of sp³-hybridized carbons (Fsp3) is 0.421. The molecular weight excluding hydrogens is 330 g/mol. The van der Waals surface area contributed by atoms with Crippen molar-refractivity contribution in [2.45, 2.75) is 26.7 Å². The first kappa shape index (κ1) is 18.0. The van der Waals surface area contributed by atoms with Gasteiger partial charge < -0.3 is 15.0 Å². The predicted molar refractivity (Wildman–Crippen MR) is 103 cm³/mol. The Kier molecular flexibility index (Phi) is 5.88. The molecule has 2 N–H and O–H groups in total. The van der Waals surface area contributed by atoms with Gasteiger partial charge >= 0.3 is 6.09 Å². The summed E-state index contributed by atoms with van der Waals surface area (Å²) in [6.45, 7) is 6.61. The number of carbonyl (C=O) groups is 1. The summed E-state index contributed by atoms with van der Waals surface area (Å²) in [6, 6.07) is 11.8. The van der Waals surface area contributed by atoms with Crippen molar-refractivity contribution in [3.05, 3.63) is 36.4 Å². The second kappa shape index (κ2) is 8.51. The molecule has 7 heteroatoms. The number of ether oxygens (including phenoxy) is 1. The van der Waals surface area contributed by atoms with E-state index in [1.54, 1.807) is 19.1 Å². The fourth-order valence-electron chi connectivity index (χ4n) is 2.91. The summed E-state index contributed by atoms with van der Waals surface area (Å²) in [7, 11) is 0. The molecule has 0 aliphatic carbocycles. The Hall–Kier alpha value is -2.83. The Morgan fingerprint density at radius 1 is 1.12 bits per heavy atom. The molecule has 3 rings (SSSR count). The van der Waals surface area contributed by atoms with Gasteiger partial charge in [-0.2, -0.15) is 0 Å². The third kappa shape index (κ3) is 4.84. The zero-order valence-electron chi connectivity index (χ0n) is 15.2. The highest BCUT2D eigenvalue weighted by atomic mass is 16.5. The second-order valence-electron chi connectivity index (χ2n) is 6.49. The van der Waals surface area contributed by atoms with E-state index in [9.17, 15) is 4.79 Å². The predicted octanol–water partition coefficient (Wildman–Crippen LogP) is 4.02. The lowest BCUT2D eigenvalue weighted by Gasteiger charge is -2.32. The van der Waals surface area contributed by atoms with Crippen LogP contribution in [-0.2, 0) is 4.74 Å². The van der Waals surface area contributed by atoms with E-state index in [0.29, 0.717) is 18.2 Å².